The fourth-order valence-electron chi connectivity index (χ4n) is 1.81. The maximum Gasteiger partial charge on any atom is 0.490 e. The monoisotopic (exact) mass is 457 g/mol. The van der Waals surface area contributed by atoms with Crippen LogP contribution in [0.2, 0.25) is 0 Å². The van der Waals surface area contributed by atoms with E-state index in [0.29, 0.717) is 52.5 Å². The molecule has 1 rings (SSSR count). The van der Waals surface area contributed by atoms with Crippen LogP contribution in [0.3, 0.4) is 0 Å². The van der Waals surface area contributed by atoms with Gasteiger partial charge in [0.2, 0.25) is 5.91 Å². The van der Waals surface area contributed by atoms with Crippen LogP contribution in [0, 0.1) is 0 Å². The topological polar surface area (TPSA) is 157 Å². The van der Waals surface area contributed by atoms with E-state index in [1.807, 2.05) is 0 Å². The summed E-state index contributed by atoms with van der Waals surface area (Å²) in [6, 6.07) is 0. The zero-order valence-electron chi connectivity index (χ0n) is 16.7. The van der Waals surface area contributed by atoms with E-state index in [-0.39, 0.29) is 30.9 Å². The van der Waals surface area contributed by atoms with Gasteiger partial charge in [0.1, 0.15) is 0 Å². The first-order chi connectivity index (χ1) is 14.6. The summed E-state index contributed by atoms with van der Waals surface area (Å²) in [5, 5.41) is 9.77. The standard InChI is InChI=1S/C15H25N3O6.C2HF3O2/c16-4-5-17-13(19)3-7-22-9-11-24-12-10-23-8-6-18-14(20)1-2-15(18)21;3-2(4,5)1(6)7/h1-2H,3-12,16H2,(H,17,19);(H,6,7). The molecule has 1 aliphatic heterocycles. The van der Waals surface area contributed by atoms with Gasteiger partial charge in [0, 0.05) is 31.7 Å². The third kappa shape index (κ3) is 15.0. The third-order valence-electron chi connectivity index (χ3n) is 3.29. The number of carboxylic acids is 1. The summed E-state index contributed by atoms with van der Waals surface area (Å²) in [4.78, 5) is 43.8. The number of carbonyl (C=O) groups excluding carboxylic acids is 3. The zero-order valence-corrected chi connectivity index (χ0v) is 16.7. The number of nitrogens with zero attached hydrogens (tertiary/aromatic N) is 1. The molecular weight excluding hydrogens is 431 g/mol. The van der Waals surface area contributed by atoms with Gasteiger partial charge in [0.15, 0.2) is 0 Å². The minimum Gasteiger partial charge on any atom is -0.475 e. The Kier molecular flexibility index (Phi) is 14.9. The summed E-state index contributed by atoms with van der Waals surface area (Å²) in [6.07, 6.45) is -2.30. The number of carbonyl (C=O) groups is 4. The lowest BCUT2D eigenvalue weighted by Gasteiger charge is -2.13. The van der Waals surface area contributed by atoms with Gasteiger partial charge in [-0.1, -0.05) is 0 Å². The van der Waals surface area contributed by atoms with Crippen LogP contribution >= 0.6 is 0 Å². The van der Waals surface area contributed by atoms with Crippen molar-refractivity contribution in [2.24, 2.45) is 5.73 Å². The highest BCUT2D eigenvalue weighted by molar-refractivity contribution is 6.12. The Labute approximate surface area is 176 Å². The lowest BCUT2D eigenvalue weighted by atomic mass is 10.4. The highest BCUT2D eigenvalue weighted by atomic mass is 19.4. The summed E-state index contributed by atoms with van der Waals surface area (Å²) in [6.45, 7) is 3.29. The Balaban J connectivity index is 0.00000110. The van der Waals surface area contributed by atoms with E-state index < -0.39 is 12.1 Å². The Hall–Kier alpha value is -2.55. The second-order valence-corrected chi connectivity index (χ2v) is 5.69. The first-order valence-corrected chi connectivity index (χ1v) is 9.13. The number of imide groups is 1. The number of nitrogens with one attached hydrogen (secondary N) is 1. The summed E-state index contributed by atoms with van der Waals surface area (Å²) >= 11 is 0. The van der Waals surface area contributed by atoms with Gasteiger partial charge in [0.05, 0.1) is 46.2 Å². The number of aliphatic carboxylic acids is 1. The van der Waals surface area contributed by atoms with Crippen molar-refractivity contribution in [3.8, 4) is 0 Å². The fourth-order valence-corrected chi connectivity index (χ4v) is 1.81. The van der Waals surface area contributed by atoms with Crippen molar-refractivity contribution in [3.63, 3.8) is 0 Å². The van der Waals surface area contributed by atoms with Crippen LogP contribution in [0.1, 0.15) is 6.42 Å². The second kappa shape index (κ2) is 16.2. The summed E-state index contributed by atoms with van der Waals surface area (Å²) in [5.41, 5.74) is 5.27. The largest absolute Gasteiger partial charge is 0.490 e. The van der Waals surface area contributed by atoms with E-state index in [1.165, 1.54) is 12.2 Å². The Morgan fingerprint density at radius 1 is 0.968 bits per heavy atom. The number of rotatable bonds is 14. The molecule has 11 nitrogen and oxygen atoms in total. The fraction of sp³-hybridized carbons (Fsp3) is 0.647. The number of hydrogen-bond donors (Lipinski definition) is 3. The van der Waals surface area contributed by atoms with E-state index >= 15 is 0 Å². The number of alkyl halides is 3. The number of ether oxygens (including phenoxy) is 3. The molecule has 1 aliphatic rings. The van der Waals surface area contributed by atoms with Crippen molar-refractivity contribution in [2.75, 3.05) is 59.3 Å². The number of hydrogen-bond acceptors (Lipinski definition) is 8. The molecule has 3 amide bonds. The Bertz CT molecular complexity index is 596. The number of amides is 3. The van der Waals surface area contributed by atoms with E-state index in [4.69, 9.17) is 29.8 Å². The van der Waals surface area contributed by atoms with Crippen LogP contribution in [-0.2, 0) is 33.4 Å². The number of carboxylic acid groups (broad SMARTS) is 1. The van der Waals surface area contributed by atoms with Crippen molar-refractivity contribution >= 4 is 23.7 Å². The van der Waals surface area contributed by atoms with Gasteiger partial charge >= 0.3 is 12.1 Å². The average Bonchev–Trinajstić information content (AvgIpc) is 3.02. The van der Waals surface area contributed by atoms with Gasteiger partial charge in [-0.2, -0.15) is 13.2 Å². The highest BCUT2D eigenvalue weighted by Gasteiger charge is 2.38. The van der Waals surface area contributed by atoms with E-state index in [1.54, 1.807) is 0 Å². The number of nitrogens with two attached hydrogens (primary N) is 1. The van der Waals surface area contributed by atoms with E-state index in [9.17, 15) is 27.6 Å². The molecule has 0 bridgehead atoms. The molecule has 14 heteroatoms. The van der Waals surface area contributed by atoms with Crippen LogP contribution in [0.15, 0.2) is 12.2 Å². The minimum atomic E-state index is -5.08. The molecule has 0 spiro atoms. The van der Waals surface area contributed by atoms with Crippen LogP contribution in [0.4, 0.5) is 13.2 Å². The molecule has 0 aromatic heterocycles. The van der Waals surface area contributed by atoms with E-state index in [0.717, 1.165) is 4.90 Å². The van der Waals surface area contributed by atoms with Gasteiger partial charge in [-0.25, -0.2) is 4.79 Å². The zero-order chi connectivity index (χ0) is 23.7. The molecule has 0 atom stereocenters. The molecule has 0 aromatic carbocycles. The van der Waals surface area contributed by atoms with Crippen LogP contribution < -0.4 is 11.1 Å². The maximum absolute atomic E-state index is 11.3. The quantitative estimate of drug-likeness (QED) is 0.221. The smallest absolute Gasteiger partial charge is 0.475 e. The minimum absolute atomic E-state index is 0.0834. The molecule has 4 N–H and O–H groups in total. The first-order valence-electron chi connectivity index (χ1n) is 9.13. The van der Waals surface area contributed by atoms with Crippen LogP contribution in [-0.4, -0.2) is 99.1 Å². The highest BCUT2D eigenvalue weighted by Crippen LogP contribution is 2.13. The van der Waals surface area contributed by atoms with Gasteiger partial charge in [-0.05, 0) is 0 Å². The normalized spacial score (nSPS) is 13.2. The molecule has 0 fully saturated rings. The molecule has 31 heavy (non-hydrogen) atoms. The second-order valence-electron chi connectivity index (χ2n) is 5.69. The number of halogens is 3. The molecule has 0 radical (unpaired) electrons. The lowest BCUT2D eigenvalue weighted by Crippen LogP contribution is -2.33. The Morgan fingerprint density at radius 3 is 1.87 bits per heavy atom. The van der Waals surface area contributed by atoms with E-state index in [2.05, 4.69) is 5.32 Å². The van der Waals surface area contributed by atoms with Crippen molar-refractivity contribution in [1.82, 2.24) is 10.2 Å². The summed E-state index contributed by atoms with van der Waals surface area (Å²) in [5.74, 6) is -3.46. The first kappa shape index (κ1) is 28.5. The van der Waals surface area contributed by atoms with Gasteiger partial charge in [0.25, 0.3) is 11.8 Å². The van der Waals surface area contributed by atoms with Crippen LogP contribution in [0.25, 0.3) is 0 Å². The lowest BCUT2D eigenvalue weighted by molar-refractivity contribution is -0.192. The maximum atomic E-state index is 11.3. The molecular formula is C17H26F3N3O8. The predicted molar refractivity (Wildman–Crippen MR) is 98.7 cm³/mol. The average molecular weight is 457 g/mol. The van der Waals surface area contributed by atoms with Crippen molar-refractivity contribution < 1.29 is 51.7 Å². The molecule has 0 saturated carbocycles. The van der Waals surface area contributed by atoms with Gasteiger partial charge in [-0.15, -0.1) is 0 Å². The summed E-state index contributed by atoms with van der Waals surface area (Å²) < 4.78 is 47.6. The molecule has 0 saturated heterocycles. The van der Waals surface area contributed by atoms with Gasteiger partial charge in [-0.3, -0.25) is 19.3 Å². The molecule has 0 aromatic rings. The molecule has 1 heterocycles. The molecule has 0 unspecified atom stereocenters. The SMILES string of the molecule is NCCNC(=O)CCOCCOCCOCCN1C(=O)C=CC1=O.O=C(O)C(F)(F)F. The predicted octanol–water partition coefficient (Wildman–Crippen LogP) is -0.940. The Morgan fingerprint density at radius 2 is 1.42 bits per heavy atom. The summed E-state index contributed by atoms with van der Waals surface area (Å²) in [7, 11) is 0. The van der Waals surface area contributed by atoms with Crippen molar-refractivity contribution in [1.29, 1.82) is 0 Å². The van der Waals surface area contributed by atoms with Crippen molar-refractivity contribution in [3.05, 3.63) is 12.2 Å². The third-order valence-corrected chi connectivity index (χ3v) is 3.29. The van der Waals surface area contributed by atoms with Gasteiger partial charge < -0.3 is 30.4 Å². The van der Waals surface area contributed by atoms with Crippen LogP contribution in [0.5, 0.6) is 0 Å². The molecule has 0 aliphatic carbocycles. The molecule has 178 valence electrons. The van der Waals surface area contributed by atoms with Crippen molar-refractivity contribution in [2.45, 2.75) is 12.6 Å².